The predicted octanol–water partition coefficient (Wildman–Crippen LogP) is 5.19. The first-order valence-corrected chi connectivity index (χ1v) is 13.9. The molecule has 8 nitrogen and oxygen atoms in total. The predicted molar refractivity (Wildman–Crippen MR) is 157 cm³/mol. The molecule has 2 saturated heterocycles. The van der Waals surface area contributed by atoms with E-state index in [9.17, 15) is 4.79 Å². The van der Waals surface area contributed by atoms with Gasteiger partial charge in [0.25, 0.3) is 5.91 Å². The van der Waals surface area contributed by atoms with Gasteiger partial charge in [-0.1, -0.05) is 36.4 Å². The van der Waals surface area contributed by atoms with E-state index < -0.39 is 0 Å². The summed E-state index contributed by atoms with van der Waals surface area (Å²) in [6, 6.07) is 20.1. The lowest BCUT2D eigenvalue weighted by atomic mass is 10.1. The first-order chi connectivity index (χ1) is 19.7. The molecule has 2 aliphatic heterocycles. The lowest BCUT2D eigenvalue weighted by molar-refractivity contribution is 0.0793. The van der Waals surface area contributed by atoms with Crippen LogP contribution in [0.3, 0.4) is 0 Å². The van der Waals surface area contributed by atoms with Crippen LogP contribution in [0.25, 0.3) is 40.0 Å². The zero-order chi connectivity index (χ0) is 26.9. The van der Waals surface area contributed by atoms with Gasteiger partial charge in [0.2, 0.25) is 0 Å². The van der Waals surface area contributed by atoms with E-state index in [-0.39, 0.29) is 5.91 Å². The fourth-order valence-corrected chi connectivity index (χ4v) is 5.51. The minimum atomic E-state index is 0.104. The zero-order valence-corrected chi connectivity index (χ0v) is 22.2. The van der Waals surface area contributed by atoms with Crippen molar-refractivity contribution in [3.8, 4) is 11.3 Å². The third kappa shape index (κ3) is 4.71. The molecule has 40 heavy (non-hydrogen) atoms. The molecule has 0 N–H and O–H groups in total. The largest absolute Gasteiger partial charge is 0.378 e. The quantitative estimate of drug-likeness (QED) is 0.311. The van der Waals surface area contributed by atoms with Crippen LogP contribution in [0.4, 0.5) is 5.82 Å². The van der Waals surface area contributed by atoms with Gasteiger partial charge in [-0.2, -0.15) is 0 Å². The normalized spacial score (nSPS) is 16.0. The first-order valence-electron chi connectivity index (χ1n) is 13.9. The van der Waals surface area contributed by atoms with Gasteiger partial charge in [0, 0.05) is 48.9 Å². The second-order valence-electron chi connectivity index (χ2n) is 10.3. The van der Waals surface area contributed by atoms with Gasteiger partial charge in [-0.25, -0.2) is 15.0 Å². The standard InChI is InChI=1S/C32H30N6O2/c39-32(37-15-3-4-16-37)25-9-7-24(8-10-25)29-21-33-30(36-17-19-40-20-18-36)31-35-27(22-38(29)31)14-13-26-12-11-23-5-1-2-6-28(23)34-26/h1-2,5-14,21-22H,3-4,15-20H2. The Morgan fingerprint density at radius 1 is 0.825 bits per heavy atom. The Hall–Kier alpha value is -4.56. The number of imidazole rings is 1. The molecule has 5 aromatic rings. The van der Waals surface area contributed by atoms with Gasteiger partial charge < -0.3 is 14.5 Å². The van der Waals surface area contributed by atoms with Gasteiger partial charge in [0.15, 0.2) is 11.5 Å². The second-order valence-corrected chi connectivity index (χ2v) is 10.3. The number of aromatic nitrogens is 4. The monoisotopic (exact) mass is 530 g/mol. The molecule has 5 heterocycles. The number of hydrogen-bond donors (Lipinski definition) is 0. The summed E-state index contributed by atoms with van der Waals surface area (Å²) in [5.41, 5.74) is 6.07. The van der Waals surface area contributed by atoms with E-state index in [0.29, 0.717) is 13.2 Å². The summed E-state index contributed by atoms with van der Waals surface area (Å²) in [6.45, 7) is 4.57. The molecule has 7 rings (SSSR count). The highest BCUT2D eigenvalue weighted by Crippen LogP contribution is 2.28. The highest BCUT2D eigenvalue weighted by molar-refractivity contribution is 5.95. The van der Waals surface area contributed by atoms with Crippen LogP contribution in [-0.4, -0.2) is 69.6 Å². The Balaban J connectivity index is 1.25. The fourth-order valence-electron chi connectivity index (χ4n) is 5.51. The third-order valence-electron chi connectivity index (χ3n) is 7.67. The average molecular weight is 531 g/mol. The van der Waals surface area contributed by atoms with Gasteiger partial charge in [-0.05, 0) is 49.3 Å². The van der Waals surface area contributed by atoms with Crippen molar-refractivity contribution >= 4 is 40.4 Å². The van der Waals surface area contributed by atoms with Crippen LogP contribution in [0, 0.1) is 0 Å². The molecule has 0 radical (unpaired) electrons. The molecule has 0 unspecified atom stereocenters. The van der Waals surface area contributed by atoms with E-state index in [0.717, 1.165) is 89.6 Å². The molecule has 1 amide bonds. The van der Waals surface area contributed by atoms with E-state index in [1.54, 1.807) is 0 Å². The topological polar surface area (TPSA) is 75.9 Å². The number of pyridine rings is 1. The zero-order valence-electron chi connectivity index (χ0n) is 22.2. The van der Waals surface area contributed by atoms with E-state index >= 15 is 0 Å². The maximum absolute atomic E-state index is 12.9. The molecule has 0 spiro atoms. The number of amides is 1. The Kier molecular flexibility index (Phi) is 6.45. The van der Waals surface area contributed by atoms with Gasteiger partial charge in [-0.3, -0.25) is 9.20 Å². The van der Waals surface area contributed by atoms with Crippen LogP contribution in [0.2, 0.25) is 0 Å². The van der Waals surface area contributed by atoms with Gasteiger partial charge in [0.1, 0.15) is 0 Å². The highest BCUT2D eigenvalue weighted by atomic mass is 16.5. The van der Waals surface area contributed by atoms with Crippen LogP contribution >= 0.6 is 0 Å². The van der Waals surface area contributed by atoms with Crippen LogP contribution < -0.4 is 4.90 Å². The molecule has 3 aromatic heterocycles. The lowest BCUT2D eigenvalue weighted by Gasteiger charge is -2.28. The Bertz CT molecular complexity index is 1710. The summed E-state index contributed by atoms with van der Waals surface area (Å²) < 4.78 is 7.67. The third-order valence-corrected chi connectivity index (χ3v) is 7.67. The molecule has 0 bridgehead atoms. The molecule has 0 atom stereocenters. The van der Waals surface area contributed by atoms with E-state index in [2.05, 4.69) is 21.4 Å². The lowest BCUT2D eigenvalue weighted by Crippen LogP contribution is -2.37. The number of rotatable bonds is 5. The number of para-hydroxylation sites is 1. The average Bonchev–Trinajstić information content (AvgIpc) is 3.71. The number of carbonyl (C=O) groups excluding carboxylic acids is 1. The number of morpholine rings is 1. The number of likely N-dealkylation sites (tertiary alicyclic amines) is 1. The molecule has 2 aromatic carbocycles. The first kappa shape index (κ1) is 24.5. The SMILES string of the molecule is O=C(c1ccc(-c2cnc(N3CCOCC3)c3nc(C=Cc4ccc5ccccc5n4)cn23)cc1)N1CCCC1. The minimum Gasteiger partial charge on any atom is -0.378 e. The van der Waals surface area contributed by atoms with Crippen LogP contribution in [-0.2, 0) is 4.74 Å². The summed E-state index contributed by atoms with van der Waals surface area (Å²) in [5, 5.41) is 1.12. The Labute approximate surface area is 232 Å². The van der Waals surface area contributed by atoms with Crippen molar-refractivity contribution in [2.75, 3.05) is 44.3 Å². The highest BCUT2D eigenvalue weighted by Gasteiger charge is 2.21. The molecule has 200 valence electrons. The van der Waals surface area contributed by atoms with Gasteiger partial charge in [0.05, 0.1) is 42.0 Å². The van der Waals surface area contributed by atoms with Crippen molar-refractivity contribution in [3.63, 3.8) is 0 Å². The van der Waals surface area contributed by atoms with Gasteiger partial charge >= 0.3 is 0 Å². The van der Waals surface area contributed by atoms with Crippen LogP contribution in [0.5, 0.6) is 0 Å². The second kappa shape index (κ2) is 10.5. The van der Waals surface area contributed by atoms with E-state index in [1.807, 2.05) is 78.0 Å². The number of hydrogen-bond acceptors (Lipinski definition) is 6. The molecule has 2 aliphatic rings. The van der Waals surface area contributed by atoms with Crippen LogP contribution in [0.15, 0.2) is 73.1 Å². The molecular formula is C32H30N6O2. The summed E-state index contributed by atoms with van der Waals surface area (Å²) in [5.74, 6) is 0.948. The van der Waals surface area contributed by atoms with E-state index in [1.165, 1.54) is 0 Å². The van der Waals surface area contributed by atoms with Crippen LogP contribution in [0.1, 0.15) is 34.6 Å². The van der Waals surface area contributed by atoms with Crippen molar-refractivity contribution in [1.29, 1.82) is 0 Å². The van der Waals surface area contributed by atoms with Crippen molar-refractivity contribution in [2.24, 2.45) is 0 Å². The molecule has 0 aliphatic carbocycles. The number of carbonyl (C=O) groups is 1. The summed E-state index contributed by atoms with van der Waals surface area (Å²) in [4.78, 5) is 31.6. The molecule has 8 heteroatoms. The van der Waals surface area contributed by atoms with Crippen molar-refractivity contribution < 1.29 is 9.53 Å². The molecule has 2 fully saturated rings. The number of nitrogens with zero attached hydrogens (tertiary/aromatic N) is 6. The van der Waals surface area contributed by atoms with Crippen molar-refractivity contribution in [3.05, 3.63) is 90.0 Å². The van der Waals surface area contributed by atoms with E-state index in [4.69, 9.17) is 19.7 Å². The molecule has 0 saturated carbocycles. The maximum Gasteiger partial charge on any atom is 0.253 e. The smallest absolute Gasteiger partial charge is 0.253 e. The Morgan fingerprint density at radius 3 is 2.42 bits per heavy atom. The number of ether oxygens (including phenoxy) is 1. The van der Waals surface area contributed by atoms with Gasteiger partial charge in [-0.15, -0.1) is 0 Å². The summed E-state index contributed by atoms with van der Waals surface area (Å²) >= 11 is 0. The fraction of sp³-hybridized carbons (Fsp3) is 0.250. The Morgan fingerprint density at radius 2 is 1.60 bits per heavy atom. The molecular weight excluding hydrogens is 500 g/mol. The maximum atomic E-state index is 12.9. The summed E-state index contributed by atoms with van der Waals surface area (Å²) in [7, 11) is 0. The van der Waals surface area contributed by atoms with Crippen molar-refractivity contribution in [1.82, 2.24) is 24.3 Å². The summed E-state index contributed by atoms with van der Waals surface area (Å²) in [6.07, 6.45) is 10.1. The number of benzene rings is 2. The minimum absolute atomic E-state index is 0.104. The number of fused-ring (bicyclic) bond motifs is 2. The number of anilines is 1. The van der Waals surface area contributed by atoms with Crippen molar-refractivity contribution in [2.45, 2.75) is 12.8 Å².